The van der Waals surface area contributed by atoms with Crippen LogP contribution in [0.4, 0.5) is 28.9 Å². The Bertz CT molecular complexity index is 2710. The van der Waals surface area contributed by atoms with Gasteiger partial charge in [-0.3, -0.25) is 34.1 Å². The fourth-order valence-corrected chi connectivity index (χ4v) is 9.26. The van der Waals surface area contributed by atoms with Crippen molar-refractivity contribution in [2.75, 3.05) is 62.0 Å². The van der Waals surface area contributed by atoms with Crippen molar-refractivity contribution in [3.63, 3.8) is 0 Å². The molecule has 0 bridgehead atoms. The van der Waals surface area contributed by atoms with Crippen molar-refractivity contribution in [2.24, 2.45) is 0 Å². The molecular formula is C44H44F4N8O7S. The zero-order chi connectivity index (χ0) is 45.1. The molecule has 3 amide bonds. The van der Waals surface area contributed by atoms with Crippen molar-refractivity contribution < 1.29 is 49.9 Å². The molecule has 3 fully saturated rings. The molecule has 20 heteroatoms. The van der Waals surface area contributed by atoms with Gasteiger partial charge in [-0.25, -0.2) is 22.5 Å². The van der Waals surface area contributed by atoms with Crippen LogP contribution in [0.15, 0.2) is 73.1 Å². The van der Waals surface area contributed by atoms with Crippen LogP contribution in [0.2, 0.25) is 0 Å². The third kappa shape index (κ3) is 9.73. The lowest BCUT2D eigenvalue weighted by atomic mass is 9.99. The van der Waals surface area contributed by atoms with Crippen LogP contribution in [-0.4, -0.2) is 116 Å². The minimum atomic E-state index is -4.36. The van der Waals surface area contributed by atoms with Crippen LogP contribution in [-0.2, 0) is 19.8 Å². The third-order valence-corrected chi connectivity index (χ3v) is 13.1. The van der Waals surface area contributed by atoms with E-state index in [0.717, 1.165) is 79.3 Å². The van der Waals surface area contributed by atoms with Crippen LogP contribution in [0.5, 0.6) is 5.75 Å². The van der Waals surface area contributed by atoms with E-state index in [-0.39, 0.29) is 42.7 Å². The molecule has 3 aliphatic rings. The number of carbonyl (C=O) groups is 4. The van der Waals surface area contributed by atoms with Gasteiger partial charge in [0, 0.05) is 86.3 Å². The molecule has 64 heavy (non-hydrogen) atoms. The number of piperidine rings is 1. The van der Waals surface area contributed by atoms with Crippen molar-refractivity contribution in [2.45, 2.75) is 44.3 Å². The number of nitrogens with one attached hydrogen (secondary N) is 4. The number of carbonyl (C=O) groups excluding carboxylic acids is 4. The number of aromatic amines is 1. The Kier molecular flexibility index (Phi) is 13.0. The highest BCUT2D eigenvalue weighted by atomic mass is 32.2. The normalized spacial score (nSPS) is 18.6. The van der Waals surface area contributed by atoms with E-state index in [2.05, 4.69) is 30.4 Å². The molecule has 3 saturated heterocycles. The van der Waals surface area contributed by atoms with Gasteiger partial charge in [0.15, 0.2) is 5.82 Å². The summed E-state index contributed by atoms with van der Waals surface area (Å²) < 4.78 is 93.4. The highest BCUT2D eigenvalue weighted by Crippen LogP contribution is 2.31. The lowest BCUT2D eigenvalue weighted by Crippen LogP contribution is -2.52. The number of ether oxygens (including phenoxy) is 1. The van der Waals surface area contributed by atoms with E-state index >= 15 is 8.78 Å². The van der Waals surface area contributed by atoms with Crippen LogP contribution in [0.25, 0.3) is 22.2 Å². The van der Waals surface area contributed by atoms with Gasteiger partial charge in [-0.15, -0.1) is 0 Å². The number of unbranched alkanes of at least 4 members (excludes halogenated alkanes) is 1. The number of alkyl halides is 1. The Labute approximate surface area is 365 Å². The number of piperazine rings is 1. The Balaban J connectivity index is 0.813. The summed E-state index contributed by atoms with van der Waals surface area (Å²) in [6, 6.07) is 14.2. The van der Waals surface area contributed by atoms with Gasteiger partial charge in [0.2, 0.25) is 17.6 Å². The Hall–Kier alpha value is -6.38. The minimum Gasteiger partial charge on any atom is -0.493 e. The van der Waals surface area contributed by atoms with E-state index in [9.17, 15) is 36.4 Å². The van der Waals surface area contributed by atoms with Gasteiger partial charge in [-0.05, 0) is 80.3 Å². The van der Waals surface area contributed by atoms with Gasteiger partial charge >= 0.3 is 10.2 Å². The first-order valence-corrected chi connectivity index (χ1v) is 22.2. The summed E-state index contributed by atoms with van der Waals surface area (Å²) in [6.07, 6.45) is 3.37. The molecule has 0 spiro atoms. The number of anilines is 2. The number of pyridine rings is 1. The molecule has 15 nitrogen and oxygen atoms in total. The number of imide groups is 1. The number of amides is 3. The van der Waals surface area contributed by atoms with Crippen LogP contribution in [0, 0.1) is 17.5 Å². The summed E-state index contributed by atoms with van der Waals surface area (Å²) in [6.45, 7) is 3.99. The van der Waals surface area contributed by atoms with Crippen LogP contribution < -0.4 is 25.0 Å². The molecular weight excluding hydrogens is 861 g/mol. The molecule has 3 aromatic carbocycles. The fourth-order valence-electron chi connectivity index (χ4n) is 7.99. The zero-order valence-electron chi connectivity index (χ0n) is 34.3. The maximum Gasteiger partial charge on any atom is 0.301 e. The van der Waals surface area contributed by atoms with Gasteiger partial charge in [0.1, 0.15) is 35.2 Å². The maximum absolute atomic E-state index is 15.7. The molecule has 0 aliphatic carbocycles. The topological polar surface area (TPSA) is 186 Å². The average molecular weight is 905 g/mol. The average Bonchev–Trinajstić information content (AvgIpc) is 3.92. The lowest BCUT2D eigenvalue weighted by molar-refractivity contribution is -0.134. The first kappa shape index (κ1) is 44.2. The predicted molar refractivity (Wildman–Crippen MR) is 228 cm³/mol. The summed E-state index contributed by atoms with van der Waals surface area (Å²) in [5.74, 6) is -5.89. The second-order valence-electron chi connectivity index (χ2n) is 15.8. The van der Waals surface area contributed by atoms with E-state index in [1.807, 2.05) is 29.0 Å². The second-order valence-corrected chi connectivity index (χ2v) is 17.5. The van der Waals surface area contributed by atoms with Crippen molar-refractivity contribution >= 4 is 56.1 Å². The van der Waals surface area contributed by atoms with Crippen LogP contribution in [0.1, 0.15) is 58.4 Å². The number of benzene rings is 3. The molecule has 5 heterocycles. The van der Waals surface area contributed by atoms with Crippen LogP contribution in [0.3, 0.4) is 0 Å². The molecule has 0 radical (unpaired) electrons. The summed E-state index contributed by atoms with van der Waals surface area (Å²) in [5.41, 5.74) is 0.877. The number of aromatic nitrogens is 2. The van der Waals surface area contributed by atoms with Gasteiger partial charge < -0.3 is 19.9 Å². The van der Waals surface area contributed by atoms with Crippen molar-refractivity contribution in [1.29, 1.82) is 0 Å². The van der Waals surface area contributed by atoms with E-state index in [1.165, 1.54) is 18.3 Å². The zero-order valence-corrected chi connectivity index (χ0v) is 35.2. The summed E-state index contributed by atoms with van der Waals surface area (Å²) >= 11 is 0. The number of halogens is 4. The number of hydrogen-bond acceptors (Lipinski definition) is 10. The lowest BCUT2D eigenvalue weighted by Gasteiger charge is -2.36. The Morgan fingerprint density at radius 3 is 2.38 bits per heavy atom. The van der Waals surface area contributed by atoms with Crippen molar-refractivity contribution in [3.05, 3.63) is 107 Å². The number of hydrogen-bond donors (Lipinski definition) is 4. The molecule has 4 N–H and O–H groups in total. The molecule has 336 valence electrons. The summed E-state index contributed by atoms with van der Waals surface area (Å²) in [5, 5.41) is 4.92. The highest BCUT2D eigenvalue weighted by Gasteiger charge is 2.34. The molecule has 5 aromatic rings. The Morgan fingerprint density at radius 1 is 0.875 bits per heavy atom. The predicted octanol–water partition coefficient (Wildman–Crippen LogP) is 5.09. The number of rotatable bonds is 15. The van der Waals surface area contributed by atoms with Crippen LogP contribution >= 0.6 is 0 Å². The van der Waals surface area contributed by atoms with Gasteiger partial charge in [0.05, 0.1) is 23.4 Å². The van der Waals surface area contributed by atoms with E-state index in [4.69, 9.17) is 4.74 Å². The molecule has 2 aromatic heterocycles. The maximum atomic E-state index is 15.7. The number of H-pyrrole nitrogens is 1. The minimum absolute atomic E-state index is 0.00623. The molecule has 8 rings (SSSR count). The third-order valence-electron chi connectivity index (χ3n) is 11.6. The monoisotopic (exact) mass is 904 g/mol. The SMILES string of the molecule is O=C1CCC(NC(=O)c2ccc(OCCCCN3CCN(c4ccc(-c5cnc6[nH]cc(C(=O)c7c(F)ccc(NS(=O)(=O)N8CC[C@@H](F)C8)c7F)c6c5)cc4)CC3)cc2F)C(=O)N1. The van der Waals surface area contributed by atoms with Gasteiger partial charge in [-0.1, -0.05) is 12.1 Å². The smallest absolute Gasteiger partial charge is 0.301 e. The summed E-state index contributed by atoms with van der Waals surface area (Å²) in [4.78, 5) is 61.4. The van der Waals surface area contributed by atoms with E-state index in [1.54, 1.807) is 12.3 Å². The van der Waals surface area contributed by atoms with Gasteiger partial charge in [0.25, 0.3) is 5.91 Å². The molecule has 3 aliphatic heterocycles. The fraction of sp³-hybridized carbons (Fsp3) is 0.341. The summed E-state index contributed by atoms with van der Waals surface area (Å²) in [7, 11) is -4.36. The van der Waals surface area contributed by atoms with E-state index < -0.39 is 81.2 Å². The standard InChI is InChI=1S/C44H44F4N8O7S/c45-28-13-15-56(25-28)64(61,62)53-36-10-9-34(46)39(40(36)48)41(58)33-24-50-42-32(33)21-27(23-49-42)26-3-5-29(6-4-26)55-18-16-54(17-19-55)14-1-2-20-63-30-7-8-31(35(47)22-30)43(59)51-37-11-12-38(57)52-44(37)60/h3-10,21-24,28,37,53H,1-2,11-20,25H2,(H,49,50)(H,51,59)(H,52,57,60)/t28-,37?/m1/s1. The molecule has 1 unspecified atom stereocenters. The van der Waals surface area contributed by atoms with Crippen molar-refractivity contribution in [3.8, 4) is 16.9 Å². The molecule has 0 saturated carbocycles. The largest absolute Gasteiger partial charge is 0.493 e. The second kappa shape index (κ2) is 18.8. The number of fused-ring (bicyclic) bond motifs is 1. The quantitative estimate of drug-likeness (QED) is 0.0477. The highest BCUT2D eigenvalue weighted by molar-refractivity contribution is 7.90. The first-order chi connectivity index (χ1) is 30.7. The number of ketones is 1. The van der Waals surface area contributed by atoms with Gasteiger partial charge in [-0.2, -0.15) is 12.7 Å². The number of nitrogens with zero attached hydrogens (tertiary/aromatic N) is 4. The first-order valence-electron chi connectivity index (χ1n) is 20.8. The van der Waals surface area contributed by atoms with Crippen molar-refractivity contribution in [1.82, 2.24) is 29.8 Å². The Morgan fingerprint density at radius 2 is 1.66 bits per heavy atom. The molecule has 2 atom stereocenters. The van der Waals surface area contributed by atoms with E-state index in [0.29, 0.717) is 23.2 Å².